The van der Waals surface area contributed by atoms with E-state index in [0.717, 1.165) is 12.2 Å². The fourth-order valence-corrected chi connectivity index (χ4v) is 4.76. The SMILES string of the molecule is CCCN1CCN2C(Cc3c([nH]c4ccc(OC)cc34)C2CC)C1. The maximum atomic E-state index is 5.46. The third-order valence-electron chi connectivity index (χ3n) is 5.86. The molecule has 0 radical (unpaired) electrons. The van der Waals surface area contributed by atoms with Crippen LogP contribution in [0.25, 0.3) is 10.9 Å². The molecule has 2 atom stereocenters. The molecule has 2 aromatic rings. The molecule has 1 aromatic carbocycles. The molecule has 1 fully saturated rings. The van der Waals surface area contributed by atoms with Crippen LogP contribution in [0.4, 0.5) is 0 Å². The summed E-state index contributed by atoms with van der Waals surface area (Å²) in [6.07, 6.45) is 3.57. The Morgan fingerprint density at radius 3 is 2.88 bits per heavy atom. The van der Waals surface area contributed by atoms with E-state index in [1.165, 1.54) is 61.2 Å². The summed E-state index contributed by atoms with van der Waals surface area (Å²) in [5.41, 5.74) is 4.22. The van der Waals surface area contributed by atoms with Crippen molar-refractivity contribution in [2.75, 3.05) is 33.3 Å². The van der Waals surface area contributed by atoms with Gasteiger partial charge in [0, 0.05) is 42.3 Å². The second kappa shape index (κ2) is 6.41. The van der Waals surface area contributed by atoms with Crippen LogP contribution < -0.4 is 4.74 Å². The number of aromatic nitrogens is 1. The van der Waals surface area contributed by atoms with E-state index in [1.54, 1.807) is 7.11 Å². The van der Waals surface area contributed by atoms with Crippen molar-refractivity contribution in [1.82, 2.24) is 14.8 Å². The number of nitrogens with one attached hydrogen (secondary N) is 1. The summed E-state index contributed by atoms with van der Waals surface area (Å²) < 4.78 is 5.46. The largest absolute Gasteiger partial charge is 0.497 e. The van der Waals surface area contributed by atoms with Gasteiger partial charge in [-0.1, -0.05) is 13.8 Å². The Morgan fingerprint density at radius 1 is 1.25 bits per heavy atom. The second-order valence-corrected chi connectivity index (χ2v) is 7.25. The van der Waals surface area contributed by atoms with Crippen LogP contribution in [0.2, 0.25) is 0 Å². The Balaban J connectivity index is 1.74. The van der Waals surface area contributed by atoms with Crippen LogP contribution in [-0.2, 0) is 6.42 Å². The molecule has 4 nitrogen and oxygen atoms in total. The summed E-state index contributed by atoms with van der Waals surface area (Å²) in [6, 6.07) is 7.61. The number of nitrogens with zero attached hydrogens (tertiary/aromatic N) is 2. The quantitative estimate of drug-likeness (QED) is 0.931. The number of benzene rings is 1. The number of aromatic amines is 1. The second-order valence-electron chi connectivity index (χ2n) is 7.25. The molecule has 1 N–H and O–H groups in total. The minimum absolute atomic E-state index is 0.529. The van der Waals surface area contributed by atoms with Crippen LogP contribution in [0.1, 0.15) is 44.0 Å². The van der Waals surface area contributed by atoms with Gasteiger partial charge >= 0.3 is 0 Å². The molecule has 2 aliphatic heterocycles. The van der Waals surface area contributed by atoms with Gasteiger partial charge in [0.1, 0.15) is 5.75 Å². The molecule has 4 rings (SSSR count). The van der Waals surface area contributed by atoms with Crippen LogP contribution in [0.15, 0.2) is 18.2 Å². The number of hydrogen-bond acceptors (Lipinski definition) is 3. The lowest BCUT2D eigenvalue weighted by atomic mass is 9.89. The van der Waals surface area contributed by atoms with E-state index >= 15 is 0 Å². The lowest BCUT2D eigenvalue weighted by molar-refractivity contribution is 0.0282. The first-order chi connectivity index (χ1) is 11.7. The lowest BCUT2D eigenvalue weighted by Crippen LogP contribution is -2.56. The molecule has 4 heteroatoms. The molecular formula is C20H29N3O. The Kier molecular flexibility index (Phi) is 4.27. The normalized spacial score (nSPS) is 24.8. The van der Waals surface area contributed by atoms with Crippen LogP contribution >= 0.6 is 0 Å². The van der Waals surface area contributed by atoms with Gasteiger partial charge in [-0.2, -0.15) is 0 Å². The summed E-state index contributed by atoms with van der Waals surface area (Å²) in [6.45, 7) is 9.45. The summed E-state index contributed by atoms with van der Waals surface area (Å²) in [7, 11) is 1.75. The number of fused-ring (bicyclic) bond motifs is 4. The number of rotatable bonds is 4. The van der Waals surface area contributed by atoms with E-state index in [2.05, 4.69) is 46.8 Å². The van der Waals surface area contributed by atoms with Crippen LogP contribution in [0.3, 0.4) is 0 Å². The summed E-state index contributed by atoms with van der Waals surface area (Å²) in [5.74, 6) is 0.955. The van der Waals surface area contributed by atoms with E-state index in [9.17, 15) is 0 Å². The lowest BCUT2D eigenvalue weighted by Gasteiger charge is -2.48. The zero-order valence-electron chi connectivity index (χ0n) is 15.1. The highest BCUT2D eigenvalue weighted by Gasteiger charge is 2.38. The van der Waals surface area contributed by atoms with E-state index in [-0.39, 0.29) is 0 Å². The van der Waals surface area contributed by atoms with Crippen molar-refractivity contribution in [2.45, 2.75) is 45.2 Å². The van der Waals surface area contributed by atoms with Gasteiger partial charge in [0.05, 0.1) is 13.2 Å². The topological polar surface area (TPSA) is 31.5 Å². The van der Waals surface area contributed by atoms with Crippen LogP contribution in [0, 0.1) is 0 Å². The standard InChI is InChI=1S/C20H29N3O/c1-4-8-22-9-10-23-14(13-22)11-17-16-12-15(24-3)6-7-18(16)21-20(17)19(23)5-2/h6-7,12,14,19,21H,4-5,8-11,13H2,1-3H3. The molecule has 24 heavy (non-hydrogen) atoms. The molecule has 0 spiro atoms. The van der Waals surface area contributed by atoms with Gasteiger partial charge in [0.25, 0.3) is 0 Å². The highest BCUT2D eigenvalue weighted by molar-refractivity contribution is 5.86. The fourth-order valence-electron chi connectivity index (χ4n) is 4.76. The van der Waals surface area contributed by atoms with Crippen molar-refractivity contribution in [3.05, 3.63) is 29.5 Å². The first-order valence-electron chi connectivity index (χ1n) is 9.41. The van der Waals surface area contributed by atoms with Gasteiger partial charge < -0.3 is 14.6 Å². The molecule has 0 amide bonds. The van der Waals surface area contributed by atoms with Gasteiger partial charge in [-0.25, -0.2) is 0 Å². The third kappa shape index (κ3) is 2.52. The molecule has 130 valence electrons. The van der Waals surface area contributed by atoms with Gasteiger partial charge in [-0.05, 0) is 49.6 Å². The maximum absolute atomic E-state index is 5.46. The van der Waals surface area contributed by atoms with Crippen LogP contribution in [0.5, 0.6) is 5.75 Å². The number of methoxy groups -OCH3 is 1. The predicted molar refractivity (Wildman–Crippen MR) is 98.8 cm³/mol. The van der Waals surface area contributed by atoms with Crippen molar-refractivity contribution < 1.29 is 4.74 Å². The molecule has 2 unspecified atom stereocenters. The van der Waals surface area contributed by atoms with Crippen molar-refractivity contribution in [1.29, 1.82) is 0 Å². The van der Waals surface area contributed by atoms with E-state index in [4.69, 9.17) is 4.74 Å². The van der Waals surface area contributed by atoms with Crippen molar-refractivity contribution >= 4 is 10.9 Å². The zero-order valence-corrected chi connectivity index (χ0v) is 15.1. The number of piperazine rings is 1. The smallest absolute Gasteiger partial charge is 0.119 e. The number of ether oxygens (including phenoxy) is 1. The minimum atomic E-state index is 0.529. The van der Waals surface area contributed by atoms with Crippen molar-refractivity contribution in [3.8, 4) is 5.75 Å². The monoisotopic (exact) mass is 327 g/mol. The third-order valence-corrected chi connectivity index (χ3v) is 5.86. The van der Waals surface area contributed by atoms with E-state index in [0.29, 0.717) is 12.1 Å². The Morgan fingerprint density at radius 2 is 2.12 bits per heavy atom. The number of H-pyrrole nitrogens is 1. The predicted octanol–water partition coefficient (Wildman–Crippen LogP) is 3.58. The Hall–Kier alpha value is -1.52. The average Bonchev–Trinajstić information content (AvgIpc) is 2.97. The van der Waals surface area contributed by atoms with Crippen molar-refractivity contribution in [2.24, 2.45) is 0 Å². The molecule has 0 saturated carbocycles. The van der Waals surface area contributed by atoms with Crippen molar-refractivity contribution in [3.63, 3.8) is 0 Å². The number of hydrogen-bond donors (Lipinski definition) is 1. The summed E-state index contributed by atoms with van der Waals surface area (Å²) in [4.78, 5) is 9.13. The average molecular weight is 327 g/mol. The van der Waals surface area contributed by atoms with E-state index < -0.39 is 0 Å². The van der Waals surface area contributed by atoms with E-state index in [1.807, 2.05) is 0 Å². The molecule has 1 saturated heterocycles. The maximum Gasteiger partial charge on any atom is 0.119 e. The molecule has 1 aromatic heterocycles. The van der Waals surface area contributed by atoms with Gasteiger partial charge in [-0.3, -0.25) is 4.90 Å². The first-order valence-corrected chi connectivity index (χ1v) is 9.41. The van der Waals surface area contributed by atoms with Gasteiger partial charge in [-0.15, -0.1) is 0 Å². The van der Waals surface area contributed by atoms with Crippen LogP contribution in [-0.4, -0.2) is 54.1 Å². The molecule has 2 aliphatic rings. The van der Waals surface area contributed by atoms with Gasteiger partial charge in [0.2, 0.25) is 0 Å². The molecule has 3 heterocycles. The minimum Gasteiger partial charge on any atom is -0.497 e. The fraction of sp³-hybridized carbons (Fsp3) is 0.600. The summed E-state index contributed by atoms with van der Waals surface area (Å²) in [5, 5.41) is 1.36. The first kappa shape index (κ1) is 16.0. The molecule has 0 aliphatic carbocycles. The van der Waals surface area contributed by atoms with Gasteiger partial charge in [0.15, 0.2) is 0 Å². The molecular weight excluding hydrogens is 298 g/mol. The molecule has 0 bridgehead atoms. The summed E-state index contributed by atoms with van der Waals surface area (Å²) >= 11 is 0. The zero-order chi connectivity index (χ0) is 16.7. The Bertz CT molecular complexity index is 723. The Labute approximate surface area is 144 Å². The highest BCUT2D eigenvalue weighted by Crippen LogP contribution is 2.40. The highest BCUT2D eigenvalue weighted by atomic mass is 16.5.